The summed E-state index contributed by atoms with van der Waals surface area (Å²) in [7, 11) is 1.59. The molecule has 1 atom stereocenters. The van der Waals surface area contributed by atoms with E-state index in [4.69, 9.17) is 10.5 Å². The molecule has 3 rings (SSSR count). The van der Waals surface area contributed by atoms with Crippen LogP contribution in [-0.4, -0.2) is 28.1 Å². The number of benzene rings is 2. The molecule has 0 aliphatic carbocycles. The first-order chi connectivity index (χ1) is 12.5. The molecule has 0 saturated heterocycles. The van der Waals surface area contributed by atoms with Gasteiger partial charge in [-0.3, -0.25) is 4.68 Å². The lowest BCUT2D eigenvalue weighted by Crippen LogP contribution is -2.29. The molecule has 5 nitrogen and oxygen atoms in total. The second-order valence-corrected chi connectivity index (χ2v) is 5.88. The molecule has 0 unspecified atom stereocenters. The Morgan fingerprint density at radius 1 is 1.08 bits per heavy atom. The number of aromatic nitrogens is 3. The van der Waals surface area contributed by atoms with E-state index >= 15 is 0 Å². The fourth-order valence-corrected chi connectivity index (χ4v) is 2.59. The number of hydrogen-bond donors (Lipinski definition) is 1. The Morgan fingerprint density at radius 3 is 2.46 bits per heavy atom. The Labute approximate surface area is 148 Å². The van der Waals surface area contributed by atoms with Gasteiger partial charge in [-0.1, -0.05) is 5.21 Å². The Morgan fingerprint density at radius 2 is 1.77 bits per heavy atom. The van der Waals surface area contributed by atoms with Gasteiger partial charge in [0.15, 0.2) is 11.6 Å². The summed E-state index contributed by atoms with van der Waals surface area (Å²) in [5.74, 6) is -2.41. The van der Waals surface area contributed by atoms with Crippen LogP contribution in [0.1, 0.15) is 5.56 Å². The van der Waals surface area contributed by atoms with Gasteiger partial charge < -0.3 is 10.5 Å². The number of nitrogens with zero attached hydrogens (tertiary/aromatic N) is 3. The highest BCUT2D eigenvalue weighted by atomic mass is 19.2. The molecule has 0 fully saturated rings. The second kappa shape index (κ2) is 7.57. The second-order valence-electron chi connectivity index (χ2n) is 5.88. The van der Waals surface area contributed by atoms with E-state index in [-0.39, 0.29) is 18.5 Å². The quantitative estimate of drug-likeness (QED) is 0.685. The predicted molar refractivity (Wildman–Crippen MR) is 90.0 cm³/mol. The zero-order chi connectivity index (χ0) is 18.7. The van der Waals surface area contributed by atoms with Gasteiger partial charge in [0.25, 0.3) is 0 Å². The third kappa shape index (κ3) is 4.02. The Hall–Kier alpha value is -2.87. The molecule has 2 aromatic carbocycles. The number of ether oxygens (including phenoxy) is 1. The van der Waals surface area contributed by atoms with Crippen LogP contribution in [0.25, 0.3) is 11.3 Å². The first-order valence-corrected chi connectivity index (χ1v) is 7.90. The topological polar surface area (TPSA) is 66.0 Å². The van der Waals surface area contributed by atoms with E-state index in [1.165, 1.54) is 4.68 Å². The maximum absolute atomic E-state index is 13.7. The van der Waals surface area contributed by atoms with Crippen LogP contribution >= 0.6 is 0 Å². The zero-order valence-electron chi connectivity index (χ0n) is 14.0. The van der Waals surface area contributed by atoms with Crippen LogP contribution < -0.4 is 10.5 Å². The van der Waals surface area contributed by atoms with Crippen LogP contribution in [0, 0.1) is 17.5 Å². The van der Waals surface area contributed by atoms with Crippen LogP contribution in [0.4, 0.5) is 13.2 Å². The molecular weight excluding hydrogens is 345 g/mol. The van der Waals surface area contributed by atoms with Crippen molar-refractivity contribution < 1.29 is 17.9 Å². The zero-order valence-corrected chi connectivity index (χ0v) is 14.0. The summed E-state index contributed by atoms with van der Waals surface area (Å²) < 4.78 is 46.6. The molecule has 0 spiro atoms. The largest absolute Gasteiger partial charge is 0.497 e. The van der Waals surface area contributed by atoms with Crippen LogP contribution in [0.15, 0.2) is 42.6 Å². The van der Waals surface area contributed by atoms with Gasteiger partial charge in [0.2, 0.25) is 0 Å². The monoisotopic (exact) mass is 362 g/mol. The standard InChI is InChI=1S/C18H17F3N4O/c1-26-14-4-2-11(3-5-14)18-10-25(24-23-18)9-13(22)6-12-7-16(20)17(21)8-15(12)19/h2-5,7-8,10,13H,6,9,22H2,1H3/t13-/m1/s1. The molecule has 1 heterocycles. The number of halogens is 3. The van der Waals surface area contributed by atoms with Gasteiger partial charge >= 0.3 is 0 Å². The van der Waals surface area contributed by atoms with Crippen molar-refractivity contribution in [2.75, 3.05) is 7.11 Å². The summed E-state index contributed by atoms with van der Waals surface area (Å²) in [6, 6.07) is 8.13. The van der Waals surface area contributed by atoms with E-state index in [1.807, 2.05) is 24.3 Å². The van der Waals surface area contributed by atoms with Gasteiger partial charge in [-0.25, -0.2) is 13.2 Å². The average molecular weight is 362 g/mol. The van der Waals surface area contributed by atoms with Gasteiger partial charge in [-0.05, 0) is 42.3 Å². The van der Waals surface area contributed by atoms with Crippen molar-refractivity contribution >= 4 is 0 Å². The summed E-state index contributed by atoms with van der Waals surface area (Å²) in [5, 5.41) is 8.08. The van der Waals surface area contributed by atoms with Crippen molar-refractivity contribution in [3.63, 3.8) is 0 Å². The lowest BCUT2D eigenvalue weighted by molar-refractivity contribution is 0.415. The SMILES string of the molecule is COc1ccc(-c2cn(C[C@H](N)Cc3cc(F)c(F)cc3F)nn2)cc1. The van der Waals surface area contributed by atoms with E-state index < -0.39 is 23.5 Å². The summed E-state index contributed by atoms with van der Waals surface area (Å²) in [6.45, 7) is 0.252. The van der Waals surface area contributed by atoms with Crippen LogP contribution in [0.2, 0.25) is 0 Å². The lowest BCUT2D eigenvalue weighted by atomic mass is 10.1. The minimum Gasteiger partial charge on any atom is -0.497 e. The van der Waals surface area contributed by atoms with Crippen molar-refractivity contribution in [3.05, 3.63) is 65.6 Å². The van der Waals surface area contributed by atoms with Crippen LogP contribution in [0.3, 0.4) is 0 Å². The molecular formula is C18H17F3N4O. The Bertz CT molecular complexity index is 896. The average Bonchev–Trinajstić information content (AvgIpc) is 3.08. The van der Waals surface area contributed by atoms with Gasteiger partial charge in [0, 0.05) is 17.7 Å². The van der Waals surface area contributed by atoms with Crippen molar-refractivity contribution in [3.8, 4) is 17.0 Å². The Kier molecular flexibility index (Phi) is 5.22. The van der Waals surface area contributed by atoms with Crippen LogP contribution in [0.5, 0.6) is 5.75 Å². The molecule has 2 N–H and O–H groups in total. The fraction of sp³-hybridized carbons (Fsp3) is 0.222. The summed E-state index contributed by atoms with van der Waals surface area (Å²) in [4.78, 5) is 0. The predicted octanol–water partition coefficient (Wildman–Crippen LogP) is 2.94. The van der Waals surface area contributed by atoms with Crippen LogP contribution in [-0.2, 0) is 13.0 Å². The van der Waals surface area contributed by atoms with E-state index in [0.717, 1.165) is 17.4 Å². The van der Waals surface area contributed by atoms with E-state index in [1.54, 1.807) is 13.3 Å². The molecule has 0 radical (unpaired) electrons. The molecule has 1 aromatic heterocycles. The first kappa shape index (κ1) is 17.9. The normalized spacial score (nSPS) is 12.2. The maximum atomic E-state index is 13.7. The molecule has 0 aliphatic heterocycles. The third-order valence-corrected chi connectivity index (χ3v) is 3.92. The highest BCUT2D eigenvalue weighted by Crippen LogP contribution is 2.20. The van der Waals surface area contributed by atoms with E-state index in [9.17, 15) is 13.2 Å². The highest BCUT2D eigenvalue weighted by molar-refractivity contribution is 5.58. The van der Waals surface area contributed by atoms with E-state index in [2.05, 4.69) is 10.3 Å². The van der Waals surface area contributed by atoms with Gasteiger partial charge in [0.1, 0.15) is 17.3 Å². The minimum atomic E-state index is -1.22. The molecule has 0 amide bonds. The molecule has 0 saturated carbocycles. The van der Waals surface area contributed by atoms with Crippen molar-refractivity contribution in [2.24, 2.45) is 5.73 Å². The highest BCUT2D eigenvalue weighted by Gasteiger charge is 2.14. The summed E-state index contributed by atoms with van der Waals surface area (Å²) in [5.41, 5.74) is 7.52. The lowest BCUT2D eigenvalue weighted by Gasteiger charge is -2.12. The first-order valence-electron chi connectivity index (χ1n) is 7.90. The number of nitrogens with two attached hydrogens (primary N) is 1. The fourth-order valence-electron chi connectivity index (χ4n) is 2.59. The smallest absolute Gasteiger partial charge is 0.161 e. The van der Waals surface area contributed by atoms with Gasteiger partial charge in [0.05, 0.1) is 19.9 Å². The molecule has 136 valence electrons. The van der Waals surface area contributed by atoms with E-state index in [0.29, 0.717) is 11.8 Å². The minimum absolute atomic E-state index is 0.0203. The van der Waals surface area contributed by atoms with Gasteiger partial charge in [-0.2, -0.15) is 0 Å². The third-order valence-electron chi connectivity index (χ3n) is 3.92. The number of methoxy groups -OCH3 is 1. The van der Waals surface area contributed by atoms with Crippen molar-refractivity contribution in [2.45, 2.75) is 19.0 Å². The molecule has 0 aliphatic rings. The molecule has 0 bridgehead atoms. The molecule has 3 aromatic rings. The van der Waals surface area contributed by atoms with Crippen molar-refractivity contribution in [1.82, 2.24) is 15.0 Å². The molecule has 8 heteroatoms. The number of hydrogen-bond acceptors (Lipinski definition) is 4. The summed E-state index contributed by atoms with van der Waals surface area (Å²) >= 11 is 0. The molecule has 26 heavy (non-hydrogen) atoms. The van der Waals surface area contributed by atoms with Crippen molar-refractivity contribution in [1.29, 1.82) is 0 Å². The van der Waals surface area contributed by atoms with Gasteiger partial charge in [-0.15, -0.1) is 5.10 Å². The Balaban J connectivity index is 1.67. The summed E-state index contributed by atoms with van der Waals surface area (Å²) in [6.07, 6.45) is 1.75. The maximum Gasteiger partial charge on any atom is 0.161 e. The number of rotatable bonds is 6.